The molecule has 71 valence electrons. The third-order valence-corrected chi connectivity index (χ3v) is 2.79. The van der Waals surface area contributed by atoms with Crippen LogP contribution in [0.25, 0.3) is 0 Å². The van der Waals surface area contributed by atoms with E-state index in [0.29, 0.717) is 6.10 Å². The molecule has 0 N–H and O–H groups in total. The van der Waals surface area contributed by atoms with Gasteiger partial charge in [-0.15, -0.1) is 0 Å². The molecule has 0 aromatic heterocycles. The van der Waals surface area contributed by atoms with E-state index in [9.17, 15) is 0 Å². The van der Waals surface area contributed by atoms with Gasteiger partial charge in [-0.25, -0.2) is 0 Å². The molecule has 0 aromatic rings. The van der Waals surface area contributed by atoms with Gasteiger partial charge in [-0.3, -0.25) is 0 Å². The predicted octanol–water partition coefficient (Wildman–Crippen LogP) is 3.20. The number of rotatable bonds is 4. The second-order valence-electron chi connectivity index (χ2n) is 3.81. The Morgan fingerprint density at radius 3 is 2.92 bits per heavy atom. The number of ether oxygens (including phenoxy) is 1. The summed E-state index contributed by atoms with van der Waals surface area (Å²) in [7, 11) is 1.84. The Kier molecular flexibility index (Phi) is 4.67. The van der Waals surface area contributed by atoms with Gasteiger partial charge in [0, 0.05) is 7.11 Å². The Hall–Kier alpha value is -0.0400. The molecule has 0 saturated heterocycles. The summed E-state index contributed by atoms with van der Waals surface area (Å²) in [5.74, 6) is 0.837. The average molecular weight is 169 g/mol. The molecule has 0 bridgehead atoms. The molecule has 12 heavy (non-hydrogen) atoms. The van der Waals surface area contributed by atoms with Crippen LogP contribution in [0.2, 0.25) is 0 Å². The van der Waals surface area contributed by atoms with E-state index >= 15 is 0 Å². The van der Waals surface area contributed by atoms with Gasteiger partial charge >= 0.3 is 0 Å². The quantitative estimate of drug-likeness (QED) is 0.628. The van der Waals surface area contributed by atoms with Crippen LogP contribution in [0.15, 0.2) is 0 Å². The third kappa shape index (κ3) is 3.14. The van der Waals surface area contributed by atoms with Crippen LogP contribution in [0.1, 0.15) is 45.4 Å². The van der Waals surface area contributed by atoms with Gasteiger partial charge in [0.25, 0.3) is 0 Å². The molecule has 1 nitrogen and oxygen atoms in total. The van der Waals surface area contributed by atoms with Crippen LogP contribution in [-0.4, -0.2) is 13.2 Å². The van der Waals surface area contributed by atoms with E-state index in [4.69, 9.17) is 4.74 Å². The Morgan fingerprint density at radius 1 is 1.42 bits per heavy atom. The first-order valence-corrected chi connectivity index (χ1v) is 5.23. The van der Waals surface area contributed by atoms with E-state index < -0.39 is 0 Å². The van der Waals surface area contributed by atoms with E-state index in [1.807, 2.05) is 7.11 Å². The smallest absolute Gasteiger partial charge is 0.0574 e. The van der Waals surface area contributed by atoms with E-state index in [0.717, 1.165) is 5.92 Å². The highest BCUT2D eigenvalue weighted by molar-refractivity contribution is 4.82. The number of methoxy groups -OCH3 is 1. The first-order chi connectivity index (χ1) is 5.86. The van der Waals surface area contributed by atoms with Crippen molar-refractivity contribution < 1.29 is 4.74 Å². The maximum Gasteiger partial charge on any atom is 0.0574 e. The molecule has 1 radical (unpaired) electrons. The largest absolute Gasteiger partial charge is 0.381 e. The molecule has 0 aromatic carbocycles. The first-order valence-electron chi connectivity index (χ1n) is 5.23. The molecule has 2 unspecified atom stereocenters. The van der Waals surface area contributed by atoms with Gasteiger partial charge in [-0.1, -0.05) is 26.2 Å². The highest BCUT2D eigenvalue weighted by atomic mass is 16.5. The van der Waals surface area contributed by atoms with Crippen molar-refractivity contribution in [2.24, 2.45) is 5.92 Å². The Labute approximate surface area is 76.5 Å². The van der Waals surface area contributed by atoms with Crippen LogP contribution in [0.4, 0.5) is 0 Å². The molecule has 1 rings (SSSR count). The summed E-state index contributed by atoms with van der Waals surface area (Å²) in [6, 6.07) is 0. The van der Waals surface area contributed by atoms with Crippen molar-refractivity contribution in [2.75, 3.05) is 7.11 Å². The van der Waals surface area contributed by atoms with Crippen molar-refractivity contribution in [3.05, 3.63) is 6.42 Å². The highest BCUT2D eigenvalue weighted by Crippen LogP contribution is 2.28. The maximum absolute atomic E-state index is 5.38. The van der Waals surface area contributed by atoms with Crippen LogP contribution in [0.5, 0.6) is 0 Å². The molecule has 0 amide bonds. The van der Waals surface area contributed by atoms with Crippen LogP contribution in [-0.2, 0) is 4.74 Å². The zero-order valence-corrected chi connectivity index (χ0v) is 8.38. The lowest BCUT2D eigenvalue weighted by Gasteiger charge is -2.27. The Bertz CT molecular complexity index is 112. The monoisotopic (exact) mass is 169 g/mol. The molecule has 1 fully saturated rings. The zero-order valence-electron chi connectivity index (χ0n) is 8.38. The molecule has 2 atom stereocenters. The third-order valence-electron chi connectivity index (χ3n) is 2.79. The maximum atomic E-state index is 5.38. The summed E-state index contributed by atoms with van der Waals surface area (Å²) >= 11 is 0. The predicted molar refractivity (Wildman–Crippen MR) is 52.0 cm³/mol. The molecule has 0 heterocycles. The van der Waals surface area contributed by atoms with Crippen molar-refractivity contribution in [1.82, 2.24) is 0 Å². The van der Waals surface area contributed by atoms with Gasteiger partial charge in [0.2, 0.25) is 0 Å². The van der Waals surface area contributed by atoms with E-state index in [1.165, 1.54) is 38.5 Å². The van der Waals surface area contributed by atoms with Crippen LogP contribution in [0, 0.1) is 12.3 Å². The Morgan fingerprint density at radius 2 is 2.25 bits per heavy atom. The van der Waals surface area contributed by atoms with Gasteiger partial charge in [0.05, 0.1) is 6.10 Å². The summed E-state index contributed by atoms with van der Waals surface area (Å²) < 4.78 is 5.38. The fraction of sp³-hybridized carbons (Fsp3) is 0.909. The summed E-state index contributed by atoms with van der Waals surface area (Å²) in [5.41, 5.74) is 0. The number of hydrogen-bond donors (Lipinski definition) is 0. The second-order valence-corrected chi connectivity index (χ2v) is 3.81. The van der Waals surface area contributed by atoms with Crippen LogP contribution in [0.3, 0.4) is 0 Å². The van der Waals surface area contributed by atoms with E-state index in [2.05, 4.69) is 13.3 Å². The topological polar surface area (TPSA) is 9.23 Å². The van der Waals surface area contributed by atoms with Crippen LogP contribution < -0.4 is 0 Å². The fourth-order valence-electron chi connectivity index (χ4n) is 2.01. The molecule has 1 aliphatic carbocycles. The molecular formula is C11H21O. The van der Waals surface area contributed by atoms with Gasteiger partial charge in [0.15, 0.2) is 0 Å². The van der Waals surface area contributed by atoms with Gasteiger partial charge < -0.3 is 4.74 Å². The first kappa shape index (κ1) is 10.0. The molecule has 1 aliphatic rings. The molecule has 1 saturated carbocycles. The summed E-state index contributed by atoms with van der Waals surface area (Å²) in [4.78, 5) is 0. The van der Waals surface area contributed by atoms with Crippen molar-refractivity contribution in [1.29, 1.82) is 0 Å². The Balaban J connectivity index is 2.16. The normalized spacial score (nSPS) is 30.5. The van der Waals surface area contributed by atoms with E-state index in [-0.39, 0.29) is 0 Å². The minimum absolute atomic E-state index is 0.539. The van der Waals surface area contributed by atoms with E-state index in [1.54, 1.807) is 0 Å². The SMILES string of the molecule is CCC[CH]C1CCCC(OC)C1. The minimum atomic E-state index is 0.539. The summed E-state index contributed by atoms with van der Waals surface area (Å²) in [5, 5.41) is 0. The molecule has 1 heteroatoms. The molecule has 0 spiro atoms. The number of unbranched alkanes of at least 4 members (excludes halogenated alkanes) is 1. The van der Waals surface area contributed by atoms with Crippen molar-refractivity contribution in [3.8, 4) is 0 Å². The van der Waals surface area contributed by atoms with Gasteiger partial charge in [-0.05, 0) is 31.6 Å². The number of hydrogen-bond acceptors (Lipinski definition) is 1. The molecular weight excluding hydrogens is 148 g/mol. The highest BCUT2D eigenvalue weighted by Gasteiger charge is 2.20. The minimum Gasteiger partial charge on any atom is -0.381 e. The lowest BCUT2D eigenvalue weighted by molar-refractivity contribution is 0.0559. The van der Waals surface area contributed by atoms with Crippen molar-refractivity contribution >= 4 is 0 Å². The van der Waals surface area contributed by atoms with Crippen LogP contribution >= 0.6 is 0 Å². The fourth-order valence-corrected chi connectivity index (χ4v) is 2.01. The van der Waals surface area contributed by atoms with Gasteiger partial charge in [0.1, 0.15) is 0 Å². The zero-order chi connectivity index (χ0) is 8.81. The lowest BCUT2D eigenvalue weighted by atomic mass is 9.84. The summed E-state index contributed by atoms with van der Waals surface area (Å²) in [6.45, 7) is 2.24. The van der Waals surface area contributed by atoms with Crippen molar-refractivity contribution in [3.63, 3.8) is 0 Å². The van der Waals surface area contributed by atoms with Gasteiger partial charge in [-0.2, -0.15) is 0 Å². The standard InChI is InChI=1S/C11H21O/c1-3-4-6-10-7-5-8-11(9-10)12-2/h6,10-11H,3-5,7-9H2,1-2H3. The van der Waals surface area contributed by atoms with Crippen molar-refractivity contribution in [2.45, 2.75) is 51.6 Å². The lowest BCUT2D eigenvalue weighted by Crippen LogP contribution is -2.21. The average Bonchev–Trinajstić information content (AvgIpc) is 2.15. The second kappa shape index (κ2) is 5.58. The molecule has 0 aliphatic heterocycles. The summed E-state index contributed by atoms with van der Waals surface area (Å²) in [6.07, 6.45) is 10.9.